The van der Waals surface area contributed by atoms with Gasteiger partial charge in [-0.25, -0.2) is 4.79 Å². The number of aromatic carboxylic acids is 1. The van der Waals surface area contributed by atoms with Crippen LogP contribution in [0.2, 0.25) is 0 Å². The number of rotatable bonds is 7. The third-order valence-electron chi connectivity index (χ3n) is 7.43. The van der Waals surface area contributed by atoms with Gasteiger partial charge >= 0.3 is 5.97 Å². The zero-order chi connectivity index (χ0) is 25.3. The van der Waals surface area contributed by atoms with Gasteiger partial charge in [-0.2, -0.15) is 0 Å². The molecule has 1 aliphatic heterocycles. The minimum Gasteiger partial charge on any atom is -0.497 e. The Hall–Kier alpha value is -4.00. The minimum absolute atomic E-state index is 0.00700. The van der Waals surface area contributed by atoms with Gasteiger partial charge in [-0.05, 0) is 60.4 Å². The molecule has 7 nitrogen and oxygen atoms in total. The molecule has 2 aliphatic rings. The Labute approximate surface area is 210 Å². The molecule has 3 aromatic carbocycles. The molecule has 0 radical (unpaired) electrons. The number of hydrogen-bond acceptors (Lipinski definition) is 5. The second kappa shape index (κ2) is 9.57. The zero-order valence-electron chi connectivity index (χ0n) is 20.3. The van der Waals surface area contributed by atoms with Crippen LogP contribution in [0, 0.1) is 0 Å². The van der Waals surface area contributed by atoms with Gasteiger partial charge in [0.1, 0.15) is 23.4 Å². The van der Waals surface area contributed by atoms with Gasteiger partial charge in [-0.3, -0.25) is 4.79 Å². The van der Waals surface area contributed by atoms with Crippen LogP contribution in [0.25, 0.3) is 0 Å². The molecule has 7 heteroatoms. The quantitative estimate of drug-likeness (QED) is 0.476. The predicted octanol–water partition coefficient (Wildman–Crippen LogP) is 5.21. The predicted molar refractivity (Wildman–Crippen MR) is 134 cm³/mol. The first kappa shape index (κ1) is 23.7. The van der Waals surface area contributed by atoms with E-state index >= 15 is 0 Å². The van der Waals surface area contributed by atoms with Crippen molar-refractivity contribution in [3.8, 4) is 17.2 Å². The number of benzene rings is 3. The molecule has 1 aliphatic carbocycles. The highest BCUT2D eigenvalue weighted by molar-refractivity contribution is 5.90. The maximum Gasteiger partial charge on any atom is 0.335 e. The van der Waals surface area contributed by atoms with Gasteiger partial charge in [0, 0.05) is 18.1 Å². The second-order valence-corrected chi connectivity index (χ2v) is 9.36. The minimum atomic E-state index is -0.976. The number of methoxy groups -OCH3 is 2. The van der Waals surface area contributed by atoms with Crippen molar-refractivity contribution in [1.29, 1.82) is 0 Å². The highest BCUT2D eigenvalue weighted by Gasteiger charge is 2.47. The molecule has 0 unspecified atom stereocenters. The fraction of sp³-hybridized carbons (Fsp3) is 0.310. The number of fused-ring (bicyclic) bond motifs is 1. The SMILES string of the molecule is COc1ccc(C2(C(=O)N[C@@H]3C[C@H](c4ccc(C(=O)O)cc4)Oc4cc(OC)ccc43)CCC2)cc1. The van der Waals surface area contributed by atoms with E-state index in [1.54, 1.807) is 38.5 Å². The van der Waals surface area contributed by atoms with Crippen LogP contribution in [-0.2, 0) is 10.2 Å². The fourth-order valence-electron chi connectivity index (χ4n) is 5.14. The largest absolute Gasteiger partial charge is 0.497 e. The lowest BCUT2D eigenvalue weighted by Crippen LogP contribution is -2.50. The van der Waals surface area contributed by atoms with Crippen molar-refractivity contribution in [3.05, 3.63) is 89.0 Å². The van der Waals surface area contributed by atoms with Crippen molar-refractivity contribution in [2.45, 2.75) is 43.2 Å². The molecule has 0 bridgehead atoms. The van der Waals surface area contributed by atoms with Gasteiger partial charge in [-0.15, -0.1) is 0 Å². The number of carboxylic acid groups (broad SMARTS) is 1. The summed E-state index contributed by atoms with van der Waals surface area (Å²) in [5, 5.41) is 12.6. The van der Waals surface area contributed by atoms with Crippen LogP contribution < -0.4 is 19.5 Å². The summed E-state index contributed by atoms with van der Waals surface area (Å²) >= 11 is 0. The standard InChI is InChI=1S/C29H29NO6/c1-34-21-10-8-20(9-11-21)29(14-3-15-29)28(33)30-24-17-25(18-4-6-19(7-5-18)27(31)32)36-26-16-22(35-2)12-13-23(24)26/h4-13,16,24-25H,3,14-15,17H2,1-2H3,(H,30,33)(H,31,32)/t24-,25-/m1/s1. The molecule has 3 aromatic rings. The van der Waals surface area contributed by atoms with Crippen molar-refractivity contribution < 1.29 is 28.9 Å². The van der Waals surface area contributed by atoms with E-state index in [1.807, 2.05) is 42.5 Å². The Morgan fingerprint density at radius 3 is 2.19 bits per heavy atom. The number of ether oxygens (including phenoxy) is 3. The molecule has 1 amide bonds. The Kier molecular flexibility index (Phi) is 6.31. The van der Waals surface area contributed by atoms with Crippen molar-refractivity contribution in [1.82, 2.24) is 5.32 Å². The summed E-state index contributed by atoms with van der Waals surface area (Å²) in [6, 6.07) is 19.8. The molecule has 0 saturated heterocycles. The molecule has 2 N–H and O–H groups in total. The lowest BCUT2D eigenvalue weighted by molar-refractivity contribution is -0.131. The molecule has 0 aromatic heterocycles. The monoisotopic (exact) mass is 487 g/mol. The molecule has 186 valence electrons. The molecule has 5 rings (SSSR count). The average molecular weight is 488 g/mol. The first-order valence-corrected chi connectivity index (χ1v) is 12.1. The van der Waals surface area contributed by atoms with Crippen LogP contribution in [0.15, 0.2) is 66.7 Å². The summed E-state index contributed by atoms with van der Waals surface area (Å²) in [5.41, 5.74) is 2.39. The van der Waals surface area contributed by atoms with E-state index in [1.165, 1.54) is 0 Å². The number of carbonyl (C=O) groups is 2. The van der Waals surface area contributed by atoms with E-state index < -0.39 is 11.4 Å². The van der Waals surface area contributed by atoms with E-state index in [0.717, 1.165) is 41.7 Å². The van der Waals surface area contributed by atoms with Crippen molar-refractivity contribution in [2.75, 3.05) is 14.2 Å². The lowest BCUT2D eigenvalue weighted by Gasteiger charge is -2.43. The molecule has 1 fully saturated rings. The Morgan fingerprint density at radius 1 is 0.944 bits per heavy atom. The summed E-state index contributed by atoms with van der Waals surface area (Å²) in [7, 11) is 3.23. The molecule has 1 saturated carbocycles. The maximum atomic E-state index is 13.8. The second-order valence-electron chi connectivity index (χ2n) is 9.36. The molecule has 36 heavy (non-hydrogen) atoms. The van der Waals surface area contributed by atoms with E-state index in [4.69, 9.17) is 14.2 Å². The highest BCUT2D eigenvalue weighted by Crippen LogP contribution is 2.47. The third-order valence-corrected chi connectivity index (χ3v) is 7.43. The first-order valence-electron chi connectivity index (χ1n) is 12.1. The van der Waals surface area contributed by atoms with Gasteiger partial charge in [0.05, 0.1) is 31.2 Å². The summed E-state index contributed by atoms with van der Waals surface area (Å²) in [6.45, 7) is 0. The topological polar surface area (TPSA) is 94.1 Å². The Bertz CT molecular complexity index is 1260. The molecule has 2 atom stereocenters. The number of nitrogens with one attached hydrogen (secondary N) is 1. The van der Waals surface area contributed by atoms with Crippen molar-refractivity contribution >= 4 is 11.9 Å². The number of carboxylic acids is 1. The van der Waals surface area contributed by atoms with Gasteiger partial charge in [0.15, 0.2) is 0 Å². The normalized spacial score (nSPS) is 19.7. The van der Waals surface area contributed by atoms with Gasteiger partial charge in [0.2, 0.25) is 5.91 Å². The van der Waals surface area contributed by atoms with Gasteiger partial charge in [-0.1, -0.05) is 30.7 Å². The number of carbonyl (C=O) groups excluding carboxylic acids is 1. The summed E-state index contributed by atoms with van der Waals surface area (Å²) in [6.07, 6.45) is 2.76. The third kappa shape index (κ3) is 4.26. The number of hydrogen-bond donors (Lipinski definition) is 2. The first-order chi connectivity index (χ1) is 17.4. The molecular weight excluding hydrogens is 458 g/mol. The fourth-order valence-corrected chi connectivity index (χ4v) is 5.14. The van der Waals surface area contributed by atoms with Crippen LogP contribution in [0.1, 0.15) is 64.9 Å². The average Bonchev–Trinajstić information content (AvgIpc) is 2.88. The van der Waals surface area contributed by atoms with E-state index in [0.29, 0.717) is 17.9 Å². The summed E-state index contributed by atoms with van der Waals surface area (Å²) < 4.78 is 17.0. The molecular formula is C29H29NO6. The summed E-state index contributed by atoms with van der Waals surface area (Å²) in [5.74, 6) is 1.10. The van der Waals surface area contributed by atoms with E-state index in [2.05, 4.69) is 5.32 Å². The Morgan fingerprint density at radius 2 is 1.61 bits per heavy atom. The van der Waals surface area contributed by atoms with E-state index in [9.17, 15) is 14.7 Å². The van der Waals surface area contributed by atoms with Crippen LogP contribution in [0.5, 0.6) is 17.2 Å². The van der Waals surface area contributed by atoms with Gasteiger partial charge < -0.3 is 24.6 Å². The highest BCUT2D eigenvalue weighted by atomic mass is 16.5. The smallest absolute Gasteiger partial charge is 0.335 e. The van der Waals surface area contributed by atoms with Crippen LogP contribution in [-0.4, -0.2) is 31.2 Å². The maximum absolute atomic E-state index is 13.8. The lowest BCUT2D eigenvalue weighted by atomic mass is 9.63. The van der Waals surface area contributed by atoms with Crippen LogP contribution in [0.4, 0.5) is 0 Å². The Balaban J connectivity index is 1.44. The van der Waals surface area contributed by atoms with Crippen LogP contribution in [0.3, 0.4) is 0 Å². The molecule has 0 spiro atoms. The van der Waals surface area contributed by atoms with Crippen molar-refractivity contribution in [3.63, 3.8) is 0 Å². The van der Waals surface area contributed by atoms with Gasteiger partial charge in [0.25, 0.3) is 0 Å². The molecule has 1 heterocycles. The van der Waals surface area contributed by atoms with E-state index in [-0.39, 0.29) is 23.6 Å². The summed E-state index contributed by atoms with van der Waals surface area (Å²) in [4.78, 5) is 25.1. The van der Waals surface area contributed by atoms with Crippen LogP contribution >= 0.6 is 0 Å². The van der Waals surface area contributed by atoms with Crippen molar-refractivity contribution in [2.24, 2.45) is 0 Å². The zero-order valence-corrected chi connectivity index (χ0v) is 20.3. The number of amides is 1.